The highest BCUT2D eigenvalue weighted by Crippen LogP contribution is 2.34. The van der Waals surface area contributed by atoms with Gasteiger partial charge in [-0.05, 0) is 12.1 Å². The fourth-order valence-electron chi connectivity index (χ4n) is 1.73. The summed E-state index contributed by atoms with van der Waals surface area (Å²) in [6, 6.07) is 3.92. The molecule has 6 heteroatoms. The molecule has 0 aliphatic carbocycles. The number of hydrogen-bond acceptors (Lipinski definition) is 4. The minimum absolute atomic E-state index is 0.561. The average Bonchev–Trinajstić information content (AvgIpc) is 2.88. The number of hydrogen-bond donors (Lipinski definition) is 0. The number of fused-ring (bicyclic) bond motifs is 1. The number of nitrogens with zero attached hydrogens (tertiary/aromatic N) is 4. The Morgan fingerprint density at radius 1 is 1.38 bits per heavy atom. The minimum Gasteiger partial charge on any atom is -0.301 e. The Labute approximate surface area is 106 Å². The maximum absolute atomic E-state index is 4.23. The Kier molecular flexibility index (Phi) is 2.69. The van der Waals surface area contributed by atoms with Gasteiger partial charge in [-0.2, -0.15) is 0 Å². The molecule has 1 aliphatic rings. The van der Waals surface area contributed by atoms with E-state index in [2.05, 4.69) is 35.7 Å². The molecule has 4 nitrogen and oxygen atoms in total. The molecule has 0 N–H and O–H groups in total. The van der Waals surface area contributed by atoms with Gasteiger partial charge < -0.3 is 4.57 Å². The summed E-state index contributed by atoms with van der Waals surface area (Å²) in [4.78, 5) is 4.01. The van der Waals surface area contributed by atoms with Gasteiger partial charge in [-0.1, -0.05) is 27.7 Å². The SMILES string of the molecule is BrC[C@@H]1Cn2c(nnc2-c2ccncc2)S1. The van der Waals surface area contributed by atoms with Crippen molar-refractivity contribution in [3.05, 3.63) is 24.5 Å². The van der Waals surface area contributed by atoms with Crippen molar-refractivity contribution in [2.75, 3.05) is 5.33 Å². The summed E-state index contributed by atoms with van der Waals surface area (Å²) in [5.41, 5.74) is 1.07. The van der Waals surface area contributed by atoms with Gasteiger partial charge in [-0.15, -0.1) is 10.2 Å². The van der Waals surface area contributed by atoms with Gasteiger partial charge in [0.25, 0.3) is 0 Å². The second kappa shape index (κ2) is 4.18. The molecule has 0 aromatic carbocycles. The molecule has 1 aliphatic heterocycles. The van der Waals surface area contributed by atoms with E-state index in [9.17, 15) is 0 Å². The maximum Gasteiger partial charge on any atom is 0.191 e. The van der Waals surface area contributed by atoms with Crippen LogP contribution in [0.1, 0.15) is 0 Å². The fourth-order valence-corrected chi connectivity index (χ4v) is 3.29. The van der Waals surface area contributed by atoms with E-state index in [0.717, 1.165) is 28.4 Å². The van der Waals surface area contributed by atoms with Crippen LogP contribution in [0, 0.1) is 0 Å². The van der Waals surface area contributed by atoms with Gasteiger partial charge in [0.2, 0.25) is 0 Å². The molecule has 2 aromatic rings. The predicted octanol–water partition coefficient (Wildman–Crippen LogP) is 2.21. The first-order chi connectivity index (χ1) is 7.88. The lowest BCUT2D eigenvalue weighted by molar-refractivity contribution is 0.679. The van der Waals surface area contributed by atoms with Gasteiger partial charge in [-0.3, -0.25) is 4.98 Å². The number of halogens is 1. The van der Waals surface area contributed by atoms with Crippen LogP contribution < -0.4 is 0 Å². The van der Waals surface area contributed by atoms with Gasteiger partial charge in [0.15, 0.2) is 11.0 Å². The molecule has 2 aromatic heterocycles. The molecule has 0 saturated heterocycles. The lowest BCUT2D eigenvalue weighted by Gasteiger charge is -2.04. The van der Waals surface area contributed by atoms with Crippen molar-refractivity contribution in [1.29, 1.82) is 0 Å². The standard InChI is InChI=1S/C10H9BrN4S/c11-5-8-6-15-9(13-14-10(15)16-8)7-1-3-12-4-2-7/h1-4,8H,5-6H2/t8-/m1/s1. The number of aromatic nitrogens is 4. The van der Waals surface area contributed by atoms with E-state index >= 15 is 0 Å². The van der Waals surface area contributed by atoms with Gasteiger partial charge >= 0.3 is 0 Å². The molecular weight excluding hydrogens is 288 g/mol. The normalized spacial score (nSPS) is 18.7. The van der Waals surface area contributed by atoms with Crippen LogP contribution in [0.4, 0.5) is 0 Å². The van der Waals surface area contributed by atoms with Crippen LogP contribution in [0.15, 0.2) is 29.7 Å². The molecule has 3 heterocycles. The second-order valence-corrected chi connectivity index (χ2v) is 5.46. The second-order valence-electron chi connectivity index (χ2n) is 3.55. The summed E-state index contributed by atoms with van der Waals surface area (Å²) in [5, 5.41) is 11.0. The highest BCUT2D eigenvalue weighted by Gasteiger charge is 2.26. The third kappa shape index (κ3) is 1.66. The molecule has 0 amide bonds. The number of rotatable bonds is 2. The number of alkyl halides is 1. The largest absolute Gasteiger partial charge is 0.301 e. The van der Waals surface area contributed by atoms with Gasteiger partial charge in [0.05, 0.1) is 0 Å². The van der Waals surface area contributed by atoms with E-state index in [1.807, 2.05) is 12.1 Å². The molecule has 0 bridgehead atoms. The highest BCUT2D eigenvalue weighted by atomic mass is 79.9. The van der Waals surface area contributed by atoms with E-state index < -0.39 is 0 Å². The minimum atomic E-state index is 0.561. The van der Waals surface area contributed by atoms with Crippen molar-refractivity contribution in [2.45, 2.75) is 17.0 Å². The Morgan fingerprint density at radius 2 is 2.19 bits per heavy atom. The predicted molar refractivity (Wildman–Crippen MR) is 66.7 cm³/mol. The van der Waals surface area contributed by atoms with Crippen molar-refractivity contribution in [1.82, 2.24) is 19.7 Å². The summed E-state index contributed by atoms with van der Waals surface area (Å²) in [7, 11) is 0. The van der Waals surface area contributed by atoms with Gasteiger partial charge in [0, 0.05) is 35.1 Å². The molecule has 0 radical (unpaired) electrons. The van der Waals surface area contributed by atoms with Crippen LogP contribution in [0.5, 0.6) is 0 Å². The Balaban J connectivity index is 2.00. The molecule has 0 fully saturated rings. The smallest absolute Gasteiger partial charge is 0.191 e. The van der Waals surface area contributed by atoms with Crippen LogP contribution in [-0.2, 0) is 6.54 Å². The van der Waals surface area contributed by atoms with Crippen molar-refractivity contribution in [2.24, 2.45) is 0 Å². The lowest BCUT2D eigenvalue weighted by Crippen LogP contribution is -2.07. The Bertz CT molecular complexity index is 499. The zero-order valence-corrected chi connectivity index (χ0v) is 10.8. The van der Waals surface area contributed by atoms with Crippen LogP contribution in [-0.4, -0.2) is 30.3 Å². The third-order valence-electron chi connectivity index (χ3n) is 2.49. The number of thioether (sulfide) groups is 1. The first-order valence-corrected chi connectivity index (χ1v) is 6.95. The summed E-state index contributed by atoms with van der Waals surface area (Å²) < 4.78 is 2.17. The van der Waals surface area contributed by atoms with Gasteiger partial charge in [-0.25, -0.2) is 0 Å². The van der Waals surface area contributed by atoms with E-state index in [0.29, 0.717) is 5.25 Å². The summed E-state index contributed by atoms with van der Waals surface area (Å²) in [6.45, 7) is 0.968. The third-order valence-corrected chi connectivity index (χ3v) is 4.86. The molecule has 3 rings (SSSR count). The van der Waals surface area contributed by atoms with E-state index in [1.165, 1.54) is 0 Å². The summed E-state index contributed by atoms with van der Waals surface area (Å²) in [5.74, 6) is 0.938. The number of pyridine rings is 1. The molecule has 1 atom stereocenters. The zero-order valence-electron chi connectivity index (χ0n) is 8.38. The topological polar surface area (TPSA) is 43.6 Å². The van der Waals surface area contributed by atoms with E-state index in [4.69, 9.17) is 0 Å². The molecule has 0 saturated carbocycles. The molecule has 16 heavy (non-hydrogen) atoms. The van der Waals surface area contributed by atoms with Crippen molar-refractivity contribution < 1.29 is 0 Å². The first kappa shape index (κ1) is 10.3. The van der Waals surface area contributed by atoms with Crippen LogP contribution >= 0.6 is 27.7 Å². The van der Waals surface area contributed by atoms with E-state index in [-0.39, 0.29) is 0 Å². The van der Waals surface area contributed by atoms with Crippen LogP contribution in [0.3, 0.4) is 0 Å². The van der Waals surface area contributed by atoms with E-state index in [1.54, 1.807) is 24.2 Å². The maximum atomic E-state index is 4.23. The quantitative estimate of drug-likeness (QED) is 0.797. The van der Waals surface area contributed by atoms with Crippen molar-refractivity contribution in [3.63, 3.8) is 0 Å². The first-order valence-electron chi connectivity index (χ1n) is 4.94. The zero-order chi connectivity index (χ0) is 11.0. The van der Waals surface area contributed by atoms with Crippen LogP contribution in [0.25, 0.3) is 11.4 Å². The average molecular weight is 297 g/mol. The van der Waals surface area contributed by atoms with Gasteiger partial charge in [0.1, 0.15) is 0 Å². The lowest BCUT2D eigenvalue weighted by atomic mass is 10.2. The van der Waals surface area contributed by atoms with Crippen molar-refractivity contribution >= 4 is 27.7 Å². The fraction of sp³-hybridized carbons (Fsp3) is 0.300. The Morgan fingerprint density at radius 3 is 2.94 bits per heavy atom. The Hall–Kier alpha value is -0.880. The summed E-state index contributed by atoms with van der Waals surface area (Å²) >= 11 is 5.29. The van der Waals surface area contributed by atoms with Crippen molar-refractivity contribution in [3.8, 4) is 11.4 Å². The molecule has 82 valence electrons. The van der Waals surface area contributed by atoms with Crippen LogP contribution in [0.2, 0.25) is 0 Å². The molecule has 0 unspecified atom stereocenters. The molecule has 0 spiro atoms. The monoisotopic (exact) mass is 296 g/mol. The molecular formula is C10H9BrN4S. The highest BCUT2D eigenvalue weighted by molar-refractivity contribution is 9.09. The summed E-state index contributed by atoms with van der Waals surface area (Å²) in [6.07, 6.45) is 3.56.